The molecule has 1 fully saturated rings. The molecule has 0 saturated carbocycles. The molecule has 28 heavy (non-hydrogen) atoms. The van der Waals surface area contributed by atoms with E-state index in [0.29, 0.717) is 12.8 Å². The van der Waals surface area contributed by atoms with E-state index in [1.54, 1.807) is 0 Å². The number of ether oxygens (including phenoxy) is 2. The minimum atomic E-state index is -1.13. The maximum Gasteiger partial charge on any atom is 0.328 e. The largest absolute Gasteiger partial charge is 0.463 e. The SMILES string of the molecule is C#C[C@H](OC)C(=O)N[C@@H](CCC(=O)C=N)C(=O)OCCN1CCCCCCC1. The van der Waals surface area contributed by atoms with Crippen LogP contribution in [0.1, 0.15) is 44.9 Å². The summed E-state index contributed by atoms with van der Waals surface area (Å²) in [5.74, 6) is 0.475. The van der Waals surface area contributed by atoms with Crippen LogP contribution in [0, 0.1) is 17.8 Å². The number of ketones is 1. The van der Waals surface area contributed by atoms with Crippen molar-refractivity contribution >= 4 is 23.9 Å². The number of methoxy groups -OCH3 is 1. The highest BCUT2D eigenvalue weighted by molar-refractivity contribution is 6.26. The van der Waals surface area contributed by atoms with Gasteiger partial charge in [-0.3, -0.25) is 14.5 Å². The number of nitrogens with one attached hydrogen (secondary N) is 2. The maximum absolute atomic E-state index is 12.4. The van der Waals surface area contributed by atoms with Crippen LogP contribution in [-0.2, 0) is 23.9 Å². The van der Waals surface area contributed by atoms with E-state index in [1.807, 2.05) is 0 Å². The molecule has 0 bridgehead atoms. The van der Waals surface area contributed by atoms with Gasteiger partial charge in [0.2, 0.25) is 0 Å². The summed E-state index contributed by atoms with van der Waals surface area (Å²) in [5, 5.41) is 9.44. The van der Waals surface area contributed by atoms with E-state index in [2.05, 4.69) is 16.1 Å². The highest BCUT2D eigenvalue weighted by atomic mass is 16.5. The average molecular weight is 393 g/mol. The molecule has 0 spiro atoms. The molecule has 0 aromatic carbocycles. The predicted molar refractivity (Wildman–Crippen MR) is 105 cm³/mol. The van der Waals surface area contributed by atoms with E-state index < -0.39 is 29.8 Å². The van der Waals surface area contributed by atoms with Crippen molar-refractivity contribution < 1.29 is 23.9 Å². The Balaban J connectivity index is 2.56. The Kier molecular flexibility index (Phi) is 11.8. The van der Waals surface area contributed by atoms with E-state index in [1.165, 1.54) is 26.4 Å². The van der Waals surface area contributed by atoms with Crippen molar-refractivity contribution in [2.24, 2.45) is 0 Å². The predicted octanol–water partition coefficient (Wildman–Crippen LogP) is 0.928. The van der Waals surface area contributed by atoms with Gasteiger partial charge in [0, 0.05) is 20.1 Å². The molecule has 2 N–H and O–H groups in total. The normalized spacial score (nSPS) is 17.3. The molecule has 156 valence electrons. The van der Waals surface area contributed by atoms with Crippen LogP contribution in [0.25, 0.3) is 0 Å². The molecule has 1 amide bonds. The summed E-state index contributed by atoms with van der Waals surface area (Å²) in [6, 6.07) is -1.02. The maximum atomic E-state index is 12.4. The second kappa shape index (κ2) is 13.9. The Hall–Kier alpha value is -2.24. The van der Waals surface area contributed by atoms with Crippen LogP contribution in [-0.4, -0.2) is 74.3 Å². The first kappa shape index (κ1) is 23.8. The number of esters is 1. The summed E-state index contributed by atoms with van der Waals surface area (Å²) in [4.78, 5) is 38.2. The third-order valence-corrected chi connectivity index (χ3v) is 4.67. The number of hydrogen-bond acceptors (Lipinski definition) is 7. The van der Waals surface area contributed by atoms with E-state index in [-0.39, 0.29) is 19.4 Å². The van der Waals surface area contributed by atoms with Gasteiger partial charge < -0.3 is 20.2 Å². The van der Waals surface area contributed by atoms with Gasteiger partial charge in [-0.15, -0.1) is 6.42 Å². The summed E-state index contributed by atoms with van der Waals surface area (Å²) in [7, 11) is 1.29. The van der Waals surface area contributed by atoms with Gasteiger partial charge in [-0.2, -0.15) is 0 Å². The van der Waals surface area contributed by atoms with Gasteiger partial charge >= 0.3 is 5.97 Å². The number of hydrogen-bond donors (Lipinski definition) is 2. The molecule has 1 heterocycles. The minimum Gasteiger partial charge on any atom is -0.463 e. The van der Waals surface area contributed by atoms with Crippen LogP contribution in [0.4, 0.5) is 0 Å². The van der Waals surface area contributed by atoms with Gasteiger partial charge in [0.15, 0.2) is 11.9 Å². The fourth-order valence-corrected chi connectivity index (χ4v) is 3.02. The van der Waals surface area contributed by atoms with Crippen molar-refractivity contribution in [2.45, 2.75) is 57.1 Å². The molecule has 2 atom stereocenters. The third kappa shape index (κ3) is 9.11. The molecule has 8 nitrogen and oxygen atoms in total. The highest BCUT2D eigenvalue weighted by Crippen LogP contribution is 2.10. The smallest absolute Gasteiger partial charge is 0.328 e. The lowest BCUT2D eigenvalue weighted by molar-refractivity contribution is -0.149. The first-order valence-electron chi connectivity index (χ1n) is 9.73. The number of nitrogens with zero attached hydrogens (tertiary/aromatic N) is 1. The fourth-order valence-electron chi connectivity index (χ4n) is 3.02. The molecule has 1 rings (SSSR count). The zero-order chi connectivity index (χ0) is 20.8. The van der Waals surface area contributed by atoms with Crippen LogP contribution in [0.15, 0.2) is 0 Å². The zero-order valence-electron chi connectivity index (χ0n) is 16.6. The monoisotopic (exact) mass is 393 g/mol. The molecule has 0 radical (unpaired) electrons. The highest BCUT2D eigenvalue weighted by Gasteiger charge is 2.26. The van der Waals surface area contributed by atoms with Crippen LogP contribution < -0.4 is 5.32 Å². The van der Waals surface area contributed by atoms with Gasteiger partial charge in [-0.1, -0.05) is 25.2 Å². The van der Waals surface area contributed by atoms with Gasteiger partial charge in [0.25, 0.3) is 5.91 Å². The Bertz CT molecular complexity index is 565. The summed E-state index contributed by atoms with van der Waals surface area (Å²) >= 11 is 0. The third-order valence-electron chi connectivity index (χ3n) is 4.67. The lowest BCUT2D eigenvalue weighted by atomic mass is 10.1. The molecular weight excluding hydrogens is 362 g/mol. The summed E-state index contributed by atoms with van der Waals surface area (Å²) in [6.45, 7) is 2.83. The summed E-state index contributed by atoms with van der Waals surface area (Å²) in [6.07, 6.45) is 10.8. The first-order chi connectivity index (χ1) is 13.5. The van der Waals surface area contributed by atoms with Crippen LogP contribution in [0.2, 0.25) is 0 Å². The van der Waals surface area contributed by atoms with Gasteiger partial charge in [-0.05, 0) is 32.4 Å². The molecule has 8 heteroatoms. The minimum absolute atomic E-state index is 0.0313. The van der Waals surface area contributed by atoms with Crippen molar-refractivity contribution in [3.05, 3.63) is 0 Å². The Morgan fingerprint density at radius 2 is 1.86 bits per heavy atom. The Morgan fingerprint density at radius 1 is 1.21 bits per heavy atom. The van der Waals surface area contributed by atoms with Crippen LogP contribution in [0.3, 0.4) is 0 Å². The number of likely N-dealkylation sites (tertiary alicyclic amines) is 1. The number of carbonyl (C=O) groups excluding carboxylic acids is 3. The van der Waals surface area contributed by atoms with Crippen LogP contribution >= 0.6 is 0 Å². The van der Waals surface area contributed by atoms with Crippen molar-refractivity contribution in [3.8, 4) is 12.3 Å². The van der Waals surface area contributed by atoms with Crippen LogP contribution in [0.5, 0.6) is 0 Å². The van der Waals surface area contributed by atoms with Crippen molar-refractivity contribution in [1.29, 1.82) is 5.41 Å². The number of carbonyl (C=O) groups is 3. The molecule has 1 aliphatic rings. The summed E-state index contributed by atoms with van der Waals surface area (Å²) in [5.41, 5.74) is 0. The van der Waals surface area contributed by atoms with Crippen molar-refractivity contribution in [1.82, 2.24) is 10.2 Å². The van der Waals surface area contributed by atoms with Gasteiger partial charge in [0.05, 0.1) is 6.21 Å². The molecule has 0 aliphatic carbocycles. The first-order valence-corrected chi connectivity index (χ1v) is 9.73. The second-order valence-electron chi connectivity index (χ2n) is 6.77. The molecule has 0 aromatic heterocycles. The Labute approximate surface area is 166 Å². The summed E-state index contributed by atoms with van der Waals surface area (Å²) < 4.78 is 10.2. The number of terminal acetylenes is 1. The van der Waals surface area contributed by atoms with E-state index in [9.17, 15) is 14.4 Å². The number of Topliss-reactive ketones (excluding diaryl/α,β-unsaturated/α-hetero) is 1. The van der Waals surface area contributed by atoms with E-state index in [4.69, 9.17) is 21.3 Å². The van der Waals surface area contributed by atoms with Crippen molar-refractivity contribution in [3.63, 3.8) is 0 Å². The number of rotatable bonds is 11. The molecule has 0 unspecified atom stereocenters. The molecule has 0 aromatic rings. The second-order valence-corrected chi connectivity index (χ2v) is 6.77. The van der Waals surface area contributed by atoms with E-state index >= 15 is 0 Å². The fraction of sp³-hybridized carbons (Fsp3) is 0.700. The Morgan fingerprint density at radius 3 is 2.43 bits per heavy atom. The average Bonchev–Trinajstić information content (AvgIpc) is 2.67. The number of amides is 1. The topological polar surface area (TPSA) is 109 Å². The van der Waals surface area contributed by atoms with Gasteiger partial charge in [-0.25, -0.2) is 4.79 Å². The lowest BCUT2D eigenvalue weighted by Gasteiger charge is -2.25. The molecule has 1 aliphatic heterocycles. The molecular formula is C20H31N3O5. The zero-order valence-corrected chi connectivity index (χ0v) is 16.6. The lowest BCUT2D eigenvalue weighted by Crippen LogP contribution is -2.47. The van der Waals surface area contributed by atoms with Gasteiger partial charge in [0.1, 0.15) is 12.6 Å². The quantitative estimate of drug-likeness (QED) is 0.307. The standard InChI is InChI=1S/C20H31N3O5/c1-3-18(27-2)19(25)22-17(10-9-16(24)15-21)20(26)28-14-13-23-11-7-5-4-6-8-12-23/h1,15,17-18,21H,4-14H2,2H3,(H,22,25)/t17-,18-/m0/s1. The molecule has 1 saturated heterocycles. The van der Waals surface area contributed by atoms with Crippen molar-refractivity contribution in [2.75, 3.05) is 33.4 Å². The van der Waals surface area contributed by atoms with E-state index in [0.717, 1.165) is 25.9 Å².